The average Bonchev–Trinajstić information content (AvgIpc) is 3.15. The van der Waals surface area contributed by atoms with E-state index in [1.54, 1.807) is 30.5 Å². The van der Waals surface area contributed by atoms with Crippen LogP contribution in [0, 0.1) is 10.1 Å². The molecule has 0 aliphatic rings. The molecule has 0 saturated heterocycles. The Morgan fingerprint density at radius 3 is 2.50 bits per heavy atom. The van der Waals surface area contributed by atoms with E-state index in [4.69, 9.17) is 11.6 Å². The fourth-order valence-electron chi connectivity index (χ4n) is 2.44. The molecule has 0 radical (unpaired) electrons. The van der Waals surface area contributed by atoms with Crippen LogP contribution in [0.15, 0.2) is 60.9 Å². The zero-order valence-electron chi connectivity index (χ0n) is 15.2. The van der Waals surface area contributed by atoms with Gasteiger partial charge in [-0.1, -0.05) is 43.6 Å². The van der Waals surface area contributed by atoms with Gasteiger partial charge in [-0.25, -0.2) is 9.67 Å². The van der Waals surface area contributed by atoms with Crippen molar-refractivity contribution in [1.82, 2.24) is 19.7 Å². The van der Waals surface area contributed by atoms with E-state index in [0.29, 0.717) is 10.7 Å². The second-order valence-corrected chi connectivity index (χ2v) is 5.86. The molecule has 142 valence electrons. The number of aromatic nitrogens is 4. The topological polar surface area (TPSA) is 98.8 Å². The van der Waals surface area contributed by atoms with Crippen LogP contribution >= 0.6 is 11.6 Å². The Hall–Kier alpha value is -3.52. The van der Waals surface area contributed by atoms with Crippen molar-refractivity contribution in [3.8, 4) is 5.95 Å². The Morgan fingerprint density at radius 1 is 1.11 bits per heavy atom. The second-order valence-electron chi connectivity index (χ2n) is 5.43. The molecule has 28 heavy (non-hydrogen) atoms. The number of hydrogen-bond donors (Lipinski definition) is 1. The lowest BCUT2D eigenvalue weighted by Gasteiger charge is -2.07. The van der Waals surface area contributed by atoms with E-state index in [0.717, 1.165) is 17.1 Å². The summed E-state index contributed by atoms with van der Waals surface area (Å²) in [4.78, 5) is 19.1. The van der Waals surface area contributed by atoms with Gasteiger partial charge in [0.05, 0.1) is 10.4 Å². The van der Waals surface area contributed by atoms with Gasteiger partial charge in [-0.2, -0.15) is 10.1 Å². The van der Waals surface area contributed by atoms with Crippen LogP contribution in [0.5, 0.6) is 0 Å². The zero-order chi connectivity index (χ0) is 20.1. The Balaban J connectivity index is 0.00000109. The lowest BCUT2D eigenvalue weighted by molar-refractivity contribution is -0.384. The molecular weight excluding hydrogens is 380 g/mol. The van der Waals surface area contributed by atoms with Gasteiger partial charge >= 0.3 is 5.69 Å². The van der Waals surface area contributed by atoms with Crippen LogP contribution in [-0.4, -0.2) is 24.7 Å². The molecule has 0 spiro atoms. The van der Waals surface area contributed by atoms with Crippen LogP contribution in [0.2, 0.25) is 5.02 Å². The molecule has 9 heteroatoms. The van der Waals surface area contributed by atoms with E-state index < -0.39 is 4.92 Å². The fraction of sp³-hybridized carbons (Fsp3) is 0.105. The molecule has 8 nitrogen and oxygen atoms in total. The predicted octanol–water partition coefficient (Wildman–Crippen LogP) is 5.15. The summed E-state index contributed by atoms with van der Waals surface area (Å²) in [5.74, 6) is 0.296. The van der Waals surface area contributed by atoms with E-state index in [9.17, 15) is 10.1 Å². The summed E-state index contributed by atoms with van der Waals surface area (Å²) in [5.41, 5.74) is 1.16. The van der Waals surface area contributed by atoms with Crippen molar-refractivity contribution in [2.45, 2.75) is 13.8 Å². The highest BCUT2D eigenvalue weighted by atomic mass is 35.5. The Bertz CT molecular complexity index is 1080. The summed E-state index contributed by atoms with van der Waals surface area (Å²) in [6.45, 7) is 4.00. The molecule has 0 aliphatic carbocycles. The third kappa shape index (κ3) is 4.07. The van der Waals surface area contributed by atoms with Crippen LogP contribution in [0.4, 0.5) is 17.2 Å². The molecule has 0 bridgehead atoms. The lowest BCUT2D eigenvalue weighted by Crippen LogP contribution is -2.07. The van der Waals surface area contributed by atoms with Gasteiger partial charge in [-0.05, 0) is 30.3 Å². The van der Waals surface area contributed by atoms with Crippen LogP contribution in [0.25, 0.3) is 16.9 Å². The largest absolute Gasteiger partial charge is 0.334 e. The normalized spacial score (nSPS) is 10.2. The number of nitrogens with one attached hydrogen (secondary N) is 1. The van der Waals surface area contributed by atoms with Gasteiger partial charge in [0.15, 0.2) is 0 Å². The molecule has 1 N–H and O–H groups in total. The molecule has 2 heterocycles. The predicted molar refractivity (Wildman–Crippen MR) is 109 cm³/mol. The Labute approximate surface area is 166 Å². The van der Waals surface area contributed by atoms with Gasteiger partial charge in [-0.15, -0.1) is 0 Å². The fourth-order valence-corrected chi connectivity index (χ4v) is 2.56. The summed E-state index contributed by atoms with van der Waals surface area (Å²) >= 11 is 5.87. The summed E-state index contributed by atoms with van der Waals surface area (Å²) in [7, 11) is 0. The van der Waals surface area contributed by atoms with Crippen molar-refractivity contribution in [3.05, 3.63) is 76.1 Å². The number of nitro groups is 1. The third-order valence-electron chi connectivity index (χ3n) is 3.68. The number of benzene rings is 2. The van der Waals surface area contributed by atoms with Gasteiger partial charge in [0.1, 0.15) is 6.20 Å². The highest BCUT2D eigenvalue weighted by Crippen LogP contribution is 2.26. The molecule has 0 saturated carbocycles. The van der Waals surface area contributed by atoms with Crippen molar-refractivity contribution in [2.75, 3.05) is 5.32 Å². The molecule has 4 rings (SSSR count). The van der Waals surface area contributed by atoms with Gasteiger partial charge in [0, 0.05) is 22.3 Å². The minimum Gasteiger partial charge on any atom is -0.334 e. The minimum absolute atomic E-state index is 0.0712. The molecule has 2 aromatic carbocycles. The van der Waals surface area contributed by atoms with E-state index in [1.807, 2.05) is 38.1 Å². The maximum absolute atomic E-state index is 11.3. The minimum atomic E-state index is -0.540. The smallest absolute Gasteiger partial charge is 0.329 e. The van der Waals surface area contributed by atoms with Crippen LogP contribution < -0.4 is 5.32 Å². The standard InChI is InChI=1S/C17H11ClN6O2.C2H6/c18-12-5-7-13(8-6-12)20-16-15(24(25)26)9-19-17(21-16)23-10-11-3-1-2-4-14(11)22-23;1-2/h1-10H,(H,19,20,21);1-2H3. The molecule has 0 aliphatic heterocycles. The molecular formula is C19H17ClN6O2. The first kappa shape index (κ1) is 19.2. The third-order valence-corrected chi connectivity index (χ3v) is 3.93. The first-order chi connectivity index (χ1) is 13.6. The summed E-state index contributed by atoms with van der Waals surface area (Å²) in [6, 6.07) is 14.3. The Kier molecular flexibility index (Phi) is 5.81. The monoisotopic (exact) mass is 396 g/mol. The highest BCUT2D eigenvalue weighted by molar-refractivity contribution is 6.30. The zero-order valence-corrected chi connectivity index (χ0v) is 16.0. The lowest BCUT2D eigenvalue weighted by atomic mass is 10.3. The number of nitrogens with zero attached hydrogens (tertiary/aromatic N) is 5. The maximum Gasteiger partial charge on any atom is 0.329 e. The maximum atomic E-state index is 11.3. The quantitative estimate of drug-likeness (QED) is 0.378. The molecule has 4 aromatic rings. The van der Waals surface area contributed by atoms with Crippen molar-refractivity contribution in [1.29, 1.82) is 0 Å². The summed E-state index contributed by atoms with van der Waals surface area (Å²) in [6.07, 6.45) is 2.93. The van der Waals surface area contributed by atoms with Crippen molar-refractivity contribution in [2.24, 2.45) is 0 Å². The Morgan fingerprint density at radius 2 is 1.82 bits per heavy atom. The number of halogens is 1. The highest BCUT2D eigenvalue weighted by Gasteiger charge is 2.19. The number of hydrogen-bond acceptors (Lipinski definition) is 6. The summed E-state index contributed by atoms with van der Waals surface area (Å²) < 4.78 is 1.49. The summed E-state index contributed by atoms with van der Waals surface area (Å²) in [5, 5.41) is 20.1. The number of fused-ring (bicyclic) bond motifs is 1. The molecule has 0 fully saturated rings. The van der Waals surface area contributed by atoms with Crippen molar-refractivity contribution >= 4 is 39.7 Å². The van der Waals surface area contributed by atoms with Gasteiger partial charge in [-0.3, -0.25) is 10.1 Å². The van der Waals surface area contributed by atoms with E-state index in [2.05, 4.69) is 20.4 Å². The van der Waals surface area contributed by atoms with Crippen molar-refractivity contribution in [3.63, 3.8) is 0 Å². The first-order valence-corrected chi connectivity index (χ1v) is 8.97. The average molecular weight is 397 g/mol. The van der Waals surface area contributed by atoms with Gasteiger partial charge in [0.25, 0.3) is 5.95 Å². The number of anilines is 2. The van der Waals surface area contributed by atoms with Crippen LogP contribution in [-0.2, 0) is 0 Å². The molecule has 0 amide bonds. The van der Waals surface area contributed by atoms with E-state index >= 15 is 0 Å². The first-order valence-electron chi connectivity index (χ1n) is 8.59. The van der Waals surface area contributed by atoms with Gasteiger partial charge in [0.2, 0.25) is 5.82 Å². The van der Waals surface area contributed by atoms with E-state index in [1.165, 1.54) is 4.68 Å². The number of rotatable bonds is 4. The van der Waals surface area contributed by atoms with E-state index in [-0.39, 0.29) is 17.5 Å². The molecule has 0 unspecified atom stereocenters. The van der Waals surface area contributed by atoms with Crippen LogP contribution in [0.1, 0.15) is 13.8 Å². The molecule has 2 aromatic heterocycles. The van der Waals surface area contributed by atoms with Gasteiger partial charge < -0.3 is 5.32 Å². The van der Waals surface area contributed by atoms with Crippen LogP contribution in [0.3, 0.4) is 0 Å². The SMILES string of the molecule is CC.O=[N+]([O-])c1cnc(-n2cc3ccccc3n2)nc1Nc1ccc(Cl)cc1. The van der Waals surface area contributed by atoms with Crippen molar-refractivity contribution < 1.29 is 4.92 Å². The molecule has 0 atom stereocenters. The second kappa shape index (κ2) is 8.45.